The highest BCUT2D eigenvalue weighted by molar-refractivity contribution is 9.10. The second kappa shape index (κ2) is 6.44. The fourth-order valence-electron chi connectivity index (χ4n) is 3.10. The molecule has 1 fully saturated rings. The molecule has 2 nitrogen and oxygen atoms in total. The summed E-state index contributed by atoms with van der Waals surface area (Å²) >= 11 is 8.61. The van der Waals surface area contributed by atoms with Gasteiger partial charge in [-0.05, 0) is 52.4 Å². The predicted octanol–water partition coefficient (Wildman–Crippen LogP) is 4.49. The fraction of sp³-hybridized carbons (Fsp3) is 0.562. The van der Waals surface area contributed by atoms with Crippen LogP contribution in [0.5, 0.6) is 0 Å². The summed E-state index contributed by atoms with van der Waals surface area (Å²) < 4.78 is 0.991. The Labute approximate surface area is 135 Å². The summed E-state index contributed by atoms with van der Waals surface area (Å²) in [6.45, 7) is 6.93. The second-order valence-corrected chi connectivity index (χ2v) is 7.02. The lowest BCUT2D eigenvalue weighted by atomic mass is 9.74. The summed E-state index contributed by atoms with van der Waals surface area (Å²) in [6.07, 6.45) is 5.16. The number of benzene rings is 1. The molecule has 20 heavy (non-hydrogen) atoms. The van der Waals surface area contributed by atoms with Crippen molar-refractivity contribution in [1.29, 1.82) is 0 Å². The quantitative estimate of drug-likeness (QED) is 0.807. The normalized spacial score (nSPS) is 18.1. The van der Waals surface area contributed by atoms with Gasteiger partial charge in [-0.1, -0.05) is 38.9 Å². The molecule has 0 bridgehead atoms. The maximum absolute atomic E-state index is 5.70. The second-order valence-electron chi connectivity index (χ2n) is 5.72. The number of nitrogens with two attached hydrogens (primary N) is 1. The monoisotopic (exact) mass is 354 g/mol. The maximum atomic E-state index is 5.70. The van der Waals surface area contributed by atoms with Crippen LogP contribution in [0.3, 0.4) is 0 Å². The van der Waals surface area contributed by atoms with Crippen LogP contribution in [0.4, 0.5) is 5.69 Å². The van der Waals surface area contributed by atoms with Gasteiger partial charge >= 0.3 is 0 Å². The van der Waals surface area contributed by atoms with Gasteiger partial charge in [-0.3, -0.25) is 0 Å². The van der Waals surface area contributed by atoms with Crippen LogP contribution in [0.25, 0.3) is 0 Å². The molecule has 2 rings (SSSR count). The van der Waals surface area contributed by atoms with Crippen molar-refractivity contribution < 1.29 is 0 Å². The van der Waals surface area contributed by atoms with Crippen molar-refractivity contribution in [3.8, 4) is 0 Å². The highest BCUT2D eigenvalue weighted by Crippen LogP contribution is 2.39. The van der Waals surface area contributed by atoms with Crippen LogP contribution in [0.2, 0.25) is 0 Å². The lowest BCUT2D eigenvalue weighted by Gasteiger charge is -2.42. The van der Waals surface area contributed by atoms with E-state index in [0.717, 1.165) is 23.1 Å². The van der Waals surface area contributed by atoms with E-state index in [9.17, 15) is 0 Å². The zero-order valence-electron chi connectivity index (χ0n) is 12.3. The molecule has 1 aromatic carbocycles. The molecule has 0 unspecified atom stereocenters. The number of nitrogens with zero attached hydrogens (tertiary/aromatic N) is 1. The first-order valence-electron chi connectivity index (χ1n) is 7.35. The van der Waals surface area contributed by atoms with Gasteiger partial charge in [-0.25, -0.2) is 0 Å². The van der Waals surface area contributed by atoms with E-state index in [0.29, 0.717) is 10.4 Å². The van der Waals surface area contributed by atoms with Gasteiger partial charge in [0.25, 0.3) is 0 Å². The van der Waals surface area contributed by atoms with Gasteiger partial charge in [-0.2, -0.15) is 0 Å². The molecular weight excluding hydrogens is 332 g/mol. The van der Waals surface area contributed by atoms with Gasteiger partial charge in [0.05, 0.1) is 0 Å². The van der Waals surface area contributed by atoms with E-state index < -0.39 is 0 Å². The van der Waals surface area contributed by atoms with Crippen molar-refractivity contribution in [1.82, 2.24) is 0 Å². The average Bonchev–Trinajstić information content (AvgIpc) is 2.47. The molecule has 1 saturated heterocycles. The van der Waals surface area contributed by atoms with Crippen LogP contribution in [0.1, 0.15) is 45.1 Å². The van der Waals surface area contributed by atoms with Crippen molar-refractivity contribution in [3.05, 3.63) is 28.2 Å². The Kier molecular flexibility index (Phi) is 5.08. The summed E-state index contributed by atoms with van der Waals surface area (Å²) in [5.41, 5.74) is 8.44. The Hall–Kier alpha value is -0.610. The summed E-state index contributed by atoms with van der Waals surface area (Å²) in [4.78, 5) is 2.91. The van der Waals surface area contributed by atoms with E-state index >= 15 is 0 Å². The van der Waals surface area contributed by atoms with E-state index in [1.807, 2.05) is 6.07 Å². The van der Waals surface area contributed by atoms with E-state index in [1.165, 1.54) is 31.4 Å². The third-order valence-electron chi connectivity index (χ3n) is 4.91. The first kappa shape index (κ1) is 15.8. The van der Waals surface area contributed by atoms with Gasteiger partial charge in [-0.15, -0.1) is 0 Å². The van der Waals surface area contributed by atoms with Gasteiger partial charge in [0.2, 0.25) is 0 Å². The number of anilines is 1. The SMILES string of the molecule is CCC1(CC)CCN(c2ccc(C(N)=S)c(Br)c2)CC1. The van der Waals surface area contributed by atoms with Crippen molar-refractivity contribution in [3.63, 3.8) is 0 Å². The zero-order valence-corrected chi connectivity index (χ0v) is 14.7. The summed E-state index contributed by atoms with van der Waals surface area (Å²) in [6, 6.07) is 6.28. The van der Waals surface area contributed by atoms with Gasteiger partial charge < -0.3 is 10.6 Å². The van der Waals surface area contributed by atoms with Gasteiger partial charge in [0.15, 0.2) is 0 Å². The van der Waals surface area contributed by atoms with Crippen molar-refractivity contribution in [2.75, 3.05) is 18.0 Å². The summed E-state index contributed by atoms with van der Waals surface area (Å²) in [5, 5.41) is 0. The van der Waals surface area contributed by atoms with E-state index in [-0.39, 0.29) is 0 Å². The molecule has 0 saturated carbocycles. The van der Waals surface area contributed by atoms with E-state index in [4.69, 9.17) is 18.0 Å². The fourth-order valence-corrected chi connectivity index (χ4v) is 3.99. The Morgan fingerprint density at radius 2 is 1.90 bits per heavy atom. The molecule has 0 atom stereocenters. The van der Waals surface area contributed by atoms with Crippen LogP contribution >= 0.6 is 28.1 Å². The van der Waals surface area contributed by atoms with Crippen molar-refractivity contribution >= 4 is 38.8 Å². The maximum Gasteiger partial charge on any atom is 0.105 e. The number of rotatable bonds is 4. The van der Waals surface area contributed by atoms with E-state index in [2.05, 4.69) is 46.8 Å². The Morgan fingerprint density at radius 1 is 1.30 bits per heavy atom. The first-order valence-corrected chi connectivity index (χ1v) is 8.56. The standard InChI is InChI=1S/C16H23BrN2S/c1-3-16(4-2)7-9-19(10-8-16)12-5-6-13(15(18)20)14(17)11-12/h5-6,11H,3-4,7-10H2,1-2H3,(H2,18,20). The number of piperidine rings is 1. The van der Waals surface area contributed by atoms with Crippen molar-refractivity contribution in [2.45, 2.75) is 39.5 Å². The highest BCUT2D eigenvalue weighted by Gasteiger charge is 2.31. The lowest BCUT2D eigenvalue weighted by Crippen LogP contribution is -2.39. The molecule has 1 aliphatic rings. The molecule has 0 aromatic heterocycles. The molecule has 0 radical (unpaired) electrons. The van der Waals surface area contributed by atoms with Crippen LogP contribution in [-0.4, -0.2) is 18.1 Å². The molecule has 1 aliphatic heterocycles. The minimum Gasteiger partial charge on any atom is -0.389 e. The third kappa shape index (κ3) is 3.17. The summed E-state index contributed by atoms with van der Waals surface area (Å²) in [5.74, 6) is 0. The number of hydrogen-bond donors (Lipinski definition) is 1. The Bertz CT molecular complexity index is 487. The molecule has 0 aliphatic carbocycles. The van der Waals surface area contributed by atoms with Crippen LogP contribution in [0, 0.1) is 5.41 Å². The van der Waals surface area contributed by atoms with Gasteiger partial charge in [0, 0.05) is 28.8 Å². The van der Waals surface area contributed by atoms with Crippen molar-refractivity contribution in [2.24, 2.45) is 11.1 Å². The highest BCUT2D eigenvalue weighted by atomic mass is 79.9. The third-order valence-corrected chi connectivity index (χ3v) is 5.78. The average molecular weight is 355 g/mol. The predicted molar refractivity (Wildman–Crippen MR) is 94.5 cm³/mol. The Balaban J connectivity index is 2.11. The molecule has 0 spiro atoms. The number of thiocarbonyl (C=S) groups is 1. The van der Waals surface area contributed by atoms with Gasteiger partial charge in [0.1, 0.15) is 4.99 Å². The Morgan fingerprint density at radius 3 is 2.35 bits per heavy atom. The molecular formula is C16H23BrN2S. The van der Waals surface area contributed by atoms with Crippen LogP contribution < -0.4 is 10.6 Å². The van der Waals surface area contributed by atoms with Crippen LogP contribution in [-0.2, 0) is 0 Å². The molecule has 1 heterocycles. The largest absolute Gasteiger partial charge is 0.389 e. The molecule has 4 heteroatoms. The molecule has 110 valence electrons. The summed E-state index contributed by atoms with van der Waals surface area (Å²) in [7, 11) is 0. The minimum absolute atomic E-state index is 0.443. The zero-order chi connectivity index (χ0) is 14.8. The first-order chi connectivity index (χ1) is 9.51. The minimum atomic E-state index is 0.443. The number of hydrogen-bond acceptors (Lipinski definition) is 2. The number of halogens is 1. The lowest BCUT2D eigenvalue weighted by molar-refractivity contribution is 0.199. The molecule has 0 amide bonds. The molecule has 2 N–H and O–H groups in total. The topological polar surface area (TPSA) is 29.3 Å². The van der Waals surface area contributed by atoms with E-state index in [1.54, 1.807) is 0 Å². The smallest absolute Gasteiger partial charge is 0.105 e. The van der Waals surface area contributed by atoms with Crippen LogP contribution in [0.15, 0.2) is 22.7 Å². The molecule has 1 aromatic rings.